The van der Waals surface area contributed by atoms with Crippen LogP contribution in [-0.4, -0.2) is 251 Å². The number of fused-ring (bicyclic) bond motifs is 7. The van der Waals surface area contributed by atoms with Gasteiger partial charge in [-0.3, -0.25) is 4.79 Å². The quantitative estimate of drug-likeness (QED) is 0.0610. The highest BCUT2D eigenvalue weighted by Crippen LogP contribution is 2.76. The highest BCUT2D eigenvalue weighted by Gasteiger charge is 2.72. The molecule has 476 valence electrons. The SMILES string of the molecule is C[C@@H]1O[C@@H](O[C@H]2[C@@H](OC(=O)C34CCC(C)(C)CC3C3=CCC5C6(C)CC[C@H](O[C@@H]7O[C@@H](C)[C@H](O[C@@H]8OC[C@@H](O)[C@H](O)[C@H]8O)[C@@H](O)[C@H]7O)C(C)(C)C6CCC5(C)C3(C)CC4O)OC[C@@H](O)[C@@H]2O)[C@H](O)[C@H](O)[C@H]1O[C@@H]1O[C@H](CO)[C@@H](O)[C@H](O)[C@H]1O. The van der Waals surface area contributed by atoms with Crippen molar-refractivity contribution in [2.24, 2.45) is 50.2 Å². The highest BCUT2D eigenvalue weighted by atomic mass is 16.8. The van der Waals surface area contributed by atoms with E-state index in [1.54, 1.807) is 6.92 Å². The molecule has 0 aromatic rings. The molecule has 5 aliphatic heterocycles. The second kappa shape index (κ2) is 23.3. The first kappa shape index (κ1) is 64.3. The molecule has 25 heteroatoms. The molecule has 32 atom stereocenters. The minimum atomic E-state index is -1.93. The molecule has 5 heterocycles. The Kier molecular flexibility index (Phi) is 18.0. The number of hydrogen-bond donors (Lipinski definition) is 14. The van der Waals surface area contributed by atoms with E-state index >= 15 is 4.79 Å². The summed E-state index contributed by atoms with van der Waals surface area (Å²) in [6.45, 7) is 17.2. The van der Waals surface area contributed by atoms with Crippen molar-refractivity contribution in [2.75, 3.05) is 19.8 Å². The minimum absolute atomic E-state index is 0.129. The fraction of sp³-hybridized carbons (Fsp3) is 0.948. The van der Waals surface area contributed by atoms with Gasteiger partial charge >= 0.3 is 5.97 Å². The first-order valence-electron chi connectivity index (χ1n) is 30.0. The van der Waals surface area contributed by atoms with Gasteiger partial charge in [-0.1, -0.05) is 60.1 Å². The summed E-state index contributed by atoms with van der Waals surface area (Å²) in [5.74, 6) is -1.00. The van der Waals surface area contributed by atoms with Gasteiger partial charge < -0.3 is 119 Å². The number of allylic oxidation sites excluding steroid dienone is 2. The lowest BCUT2D eigenvalue weighted by atomic mass is 9.33. The Morgan fingerprint density at radius 1 is 0.554 bits per heavy atom. The van der Waals surface area contributed by atoms with Gasteiger partial charge in [0.15, 0.2) is 31.3 Å². The van der Waals surface area contributed by atoms with E-state index in [9.17, 15) is 71.5 Å². The van der Waals surface area contributed by atoms with Crippen molar-refractivity contribution in [1.82, 2.24) is 0 Å². The van der Waals surface area contributed by atoms with E-state index in [-0.39, 0.29) is 47.5 Å². The minimum Gasteiger partial charge on any atom is -0.432 e. The molecule has 8 unspecified atom stereocenters. The molecule has 4 saturated carbocycles. The zero-order valence-corrected chi connectivity index (χ0v) is 49.0. The number of carbonyl (C=O) groups excluding carboxylic acids is 1. The Bertz CT molecular complexity index is 2330. The van der Waals surface area contributed by atoms with Gasteiger partial charge in [-0.15, -0.1) is 0 Å². The first-order valence-corrected chi connectivity index (χ1v) is 30.0. The van der Waals surface area contributed by atoms with Crippen LogP contribution in [0.15, 0.2) is 11.6 Å². The maximum absolute atomic E-state index is 15.4. The molecule has 83 heavy (non-hydrogen) atoms. The average Bonchev–Trinajstić information content (AvgIpc) is 3.53. The van der Waals surface area contributed by atoms with Gasteiger partial charge in [0.1, 0.15) is 97.0 Å². The Hall–Kier alpha value is -1.71. The molecule has 0 radical (unpaired) electrons. The van der Waals surface area contributed by atoms with E-state index in [1.165, 1.54) is 6.92 Å². The molecule has 9 fully saturated rings. The maximum Gasteiger partial charge on any atom is 0.317 e. The normalized spacial score (nSPS) is 55.1. The van der Waals surface area contributed by atoms with E-state index in [0.29, 0.717) is 25.7 Å². The summed E-state index contributed by atoms with van der Waals surface area (Å²) in [5.41, 5.74) is -2.28. The number of hydrogen-bond acceptors (Lipinski definition) is 25. The maximum atomic E-state index is 15.4. The number of aliphatic hydroxyl groups excluding tert-OH is 14. The summed E-state index contributed by atoms with van der Waals surface area (Å²) < 4.78 is 59.6. The van der Waals surface area contributed by atoms with Crippen LogP contribution in [0.5, 0.6) is 0 Å². The van der Waals surface area contributed by atoms with E-state index in [4.69, 9.17) is 47.4 Å². The number of rotatable bonds is 11. The smallest absolute Gasteiger partial charge is 0.317 e. The van der Waals surface area contributed by atoms with Gasteiger partial charge in [0.2, 0.25) is 6.29 Å². The number of esters is 1. The Morgan fingerprint density at radius 2 is 1.10 bits per heavy atom. The van der Waals surface area contributed by atoms with Crippen LogP contribution in [0.3, 0.4) is 0 Å². The van der Waals surface area contributed by atoms with Gasteiger partial charge in [0.25, 0.3) is 0 Å². The van der Waals surface area contributed by atoms with Gasteiger partial charge in [0, 0.05) is 0 Å². The van der Waals surface area contributed by atoms with Gasteiger partial charge in [-0.25, -0.2) is 0 Å². The summed E-state index contributed by atoms with van der Waals surface area (Å²) in [4.78, 5) is 15.4. The number of aliphatic hydroxyl groups is 14. The molecular formula is C58H94O25. The van der Waals surface area contributed by atoms with Crippen LogP contribution in [-0.2, 0) is 52.2 Å². The molecule has 10 aliphatic rings. The third-order valence-electron chi connectivity index (χ3n) is 22.7. The largest absolute Gasteiger partial charge is 0.432 e. The van der Waals surface area contributed by atoms with Crippen molar-refractivity contribution in [1.29, 1.82) is 0 Å². The Labute approximate surface area is 483 Å². The topological polar surface area (TPSA) is 393 Å². The molecule has 25 nitrogen and oxygen atoms in total. The van der Waals surface area contributed by atoms with Crippen molar-refractivity contribution in [3.8, 4) is 0 Å². The van der Waals surface area contributed by atoms with Crippen LogP contribution < -0.4 is 0 Å². The van der Waals surface area contributed by atoms with Gasteiger partial charge in [0.05, 0.1) is 44.2 Å². The average molecular weight is 1190 g/mol. The highest BCUT2D eigenvalue weighted by molar-refractivity contribution is 5.80. The number of carbonyl (C=O) groups is 1. The van der Waals surface area contributed by atoms with Gasteiger partial charge in [-0.05, 0) is 116 Å². The molecular weight excluding hydrogens is 1100 g/mol. The summed E-state index contributed by atoms with van der Waals surface area (Å²) in [7, 11) is 0. The zero-order valence-electron chi connectivity index (χ0n) is 49.0. The molecule has 5 saturated heterocycles. The fourth-order valence-electron chi connectivity index (χ4n) is 17.5. The van der Waals surface area contributed by atoms with Gasteiger partial charge in [-0.2, -0.15) is 0 Å². The fourth-order valence-corrected chi connectivity index (χ4v) is 17.5. The first-order chi connectivity index (χ1) is 38.8. The third-order valence-corrected chi connectivity index (χ3v) is 22.7. The van der Waals surface area contributed by atoms with Crippen LogP contribution in [0.1, 0.15) is 120 Å². The molecule has 14 N–H and O–H groups in total. The number of ether oxygens (including phenoxy) is 10. The molecule has 0 aromatic heterocycles. The predicted octanol–water partition coefficient (Wildman–Crippen LogP) is -1.91. The lowest BCUT2D eigenvalue weighted by Gasteiger charge is -2.71. The van der Waals surface area contributed by atoms with Crippen LogP contribution in [0, 0.1) is 50.2 Å². The van der Waals surface area contributed by atoms with Crippen molar-refractivity contribution < 1.29 is 124 Å². The summed E-state index contributed by atoms with van der Waals surface area (Å²) in [5, 5.41) is 152. The van der Waals surface area contributed by atoms with Crippen molar-refractivity contribution in [3.63, 3.8) is 0 Å². The Morgan fingerprint density at radius 3 is 1.72 bits per heavy atom. The Balaban J connectivity index is 0.845. The van der Waals surface area contributed by atoms with Crippen molar-refractivity contribution >= 4 is 5.97 Å². The molecule has 0 spiro atoms. The third kappa shape index (κ3) is 10.6. The standard InChI is InChI=1S/C58H94O25/c1-23-44(80-47-40(69)34(63)27(60)21-74-47)38(67)42(71)48(76-23)79-33-13-14-55(7)30(54(33,5)6)12-15-56(8)31(55)11-10-25-26-18-53(3,4)16-17-58(26,32(62)19-57(25,56)9)52(73)83-51-46(35(64)28(61)22-75-51)82-49-43(72)39(68)45(24(2)77-49)81-50-41(70)37(66)36(65)29(20-59)78-50/h10,23-24,26-51,59-72H,11-22H2,1-9H3/t23-,24-,26?,27+,28+,29+,30?,31?,32?,33-,34-,35-,36+,37-,38-,39-,40+,41+,42+,43+,44-,45-,46+,47-,48-,49-,50-,51+,55?,56?,57?,58?/m0/s1. The lowest BCUT2D eigenvalue weighted by Crippen LogP contribution is -2.68. The summed E-state index contributed by atoms with van der Waals surface area (Å²) >= 11 is 0. The summed E-state index contributed by atoms with van der Waals surface area (Å²) in [6, 6.07) is 0. The molecule has 0 amide bonds. The lowest BCUT2D eigenvalue weighted by molar-refractivity contribution is -0.374. The summed E-state index contributed by atoms with van der Waals surface area (Å²) in [6.07, 6.45) is -29.2. The van der Waals surface area contributed by atoms with Crippen molar-refractivity contribution in [2.45, 2.75) is 274 Å². The molecule has 5 aliphatic carbocycles. The van der Waals surface area contributed by atoms with Crippen LogP contribution in [0.4, 0.5) is 0 Å². The van der Waals surface area contributed by atoms with E-state index < -0.39 is 195 Å². The second-order valence-corrected chi connectivity index (χ2v) is 28.3. The van der Waals surface area contributed by atoms with E-state index in [2.05, 4.69) is 54.5 Å². The second-order valence-electron chi connectivity index (χ2n) is 28.3. The predicted molar refractivity (Wildman–Crippen MR) is 282 cm³/mol. The van der Waals surface area contributed by atoms with Crippen molar-refractivity contribution in [3.05, 3.63) is 11.6 Å². The van der Waals surface area contributed by atoms with Crippen LogP contribution >= 0.6 is 0 Å². The molecule has 0 aromatic carbocycles. The monoisotopic (exact) mass is 1190 g/mol. The zero-order chi connectivity index (χ0) is 60.6. The van der Waals surface area contributed by atoms with Crippen LogP contribution in [0.2, 0.25) is 0 Å². The van der Waals surface area contributed by atoms with E-state index in [0.717, 1.165) is 24.8 Å². The molecule has 0 bridgehead atoms. The van der Waals surface area contributed by atoms with E-state index in [1.807, 2.05) is 0 Å². The molecule has 10 rings (SSSR count). The van der Waals surface area contributed by atoms with Crippen LogP contribution in [0.25, 0.3) is 0 Å².